The normalized spacial score (nSPS) is 11.9. The van der Waals surface area contributed by atoms with Gasteiger partial charge in [-0.05, 0) is 44.0 Å². The molecule has 0 atom stereocenters. The van der Waals surface area contributed by atoms with Gasteiger partial charge in [-0.1, -0.05) is 28.5 Å². The summed E-state index contributed by atoms with van der Waals surface area (Å²) in [5.41, 5.74) is 4.85. The number of carbonyl (C=O) groups excluding carboxylic acids is 1. The maximum Gasteiger partial charge on any atom is 0.360 e. The third-order valence-corrected chi connectivity index (χ3v) is 3.92. The molecule has 0 saturated carbocycles. The summed E-state index contributed by atoms with van der Waals surface area (Å²) >= 11 is 0. The predicted molar refractivity (Wildman–Crippen MR) is 103 cm³/mol. The molecule has 0 aliphatic carbocycles. The zero-order valence-electron chi connectivity index (χ0n) is 16.1. The number of carbonyl (C=O) groups is 1. The number of oxime groups is 2. The molecule has 142 valence electrons. The number of methoxy groups -OCH3 is 1. The van der Waals surface area contributed by atoms with E-state index in [0.29, 0.717) is 11.3 Å². The van der Waals surface area contributed by atoms with E-state index in [-0.39, 0.29) is 12.3 Å². The highest BCUT2D eigenvalue weighted by molar-refractivity contribution is 6.43. The molecule has 0 N–H and O–H groups in total. The Balaban J connectivity index is 2.27. The lowest BCUT2D eigenvalue weighted by Crippen LogP contribution is -2.20. The van der Waals surface area contributed by atoms with Gasteiger partial charge in [0.2, 0.25) is 0 Å². The maximum absolute atomic E-state index is 12.1. The van der Waals surface area contributed by atoms with Gasteiger partial charge in [-0.15, -0.1) is 0 Å². The van der Waals surface area contributed by atoms with Gasteiger partial charge in [-0.2, -0.15) is 0 Å². The summed E-state index contributed by atoms with van der Waals surface area (Å²) in [4.78, 5) is 26.7. The molecule has 0 saturated heterocycles. The van der Waals surface area contributed by atoms with E-state index in [1.807, 2.05) is 45.0 Å². The van der Waals surface area contributed by atoms with Gasteiger partial charge in [-0.25, -0.2) is 4.79 Å². The topological polar surface area (TPSA) is 82.4 Å². The third kappa shape index (κ3) is 5.13. The van der Waals surface area contributed by atoms with Crippen LogP contribution in [0.5, 0.6) is 0 Å². The zero-order chi connectivity index (χ0) is 19.8. The van der Waals surface area contributed by atoms with Gasteiger partial charge >= 0.3 is 5.97 Å². The Morgan fingerprint density at radius 3 is 2.59 bits per heavy atom. The molecule has 0 amide bonds. The van der Waals surface area contributed by atoms with Gasteiger partial charge in [0, 0.05) is 17.3 Å². The molecule has 0 aliphatic heterocycles. The molecular weight excluding hydrogens is 346 g/mol. The summed E-state index contributed by atoms with van der Waals surface area (Å²) in [6.45, 7) is 5.89. The van der Waals surface area contributed by atoms with Crippen LogP contribution in [-0.4, -0.2) is 36.6 Å². The summed E-state index contributed by atoms with van der Waals surface area (Å²) in [6, 6.07) is 9.36. The first-order valence-electron chi connectivity index (χ1n) is 8.35. The average molecular weight is 369 g/mol. The number of hydrogen-bond donors (Lipinski definition) is 0. The second kappa shape index (κ2) is 9.47. The van der Waals surface area contributed by atoms with Crippen LogP contribution in [0, 0.1) is 13.8 Å². The van der Waals surface area contributed by atoms with E-state index < -0.39 is 5.97 Å². The highest BCUT2D eigenvalue weighted by Gasteiger charge is 2.20. The van der Waals surface area contributed by atoms with Crippen LogP contribution in [0.15, 0.2) is 46.8 Å². The van der Waals surface area contributed by atoms with E-state index in [4.69, 9.17) is 14.4 Å². The quantitative estimate of drug-likeness (QED) is 0.425. The molecule has 1 aromatic carbocycles. The first kappa shape index (κ1) is 20.1. The summed E-state index contributed by atoms with van der Waals surface area (Å²) in [6.07, 6.45) is 1.73. The minimum absolute atomic E-state index is 0.0725. The summed E-state index contributed by atoms with van der Waals surface area (Å²) in [5.74, 6) is -0.590. The molecule has 0 radical (unpaired) electrons. The highest BCUT2D eigenvalue weighted by atomic mass is 16.6. The lowest BCUT2D eigenvalue weighted by atomic mass is 9.99. The smallest absolute Gasteiger partial charge is 0.360 e. The number of benzene rings is 1. The van der Waals surface area contributed by atoms with Crippen LogP contribution < -0.4 is 0 Å². The van der Waals surface area contributed by atoms with Crippen molar-refractivity contribution in [1.82, 2.24) is 4.98 Å². The predicted octanol–water partition coefficient (Wildman–Crippen LogP) is 3.16. The van der Waals surface area contributed by atoms with Gasteiger partial charge in [0.25, 0.3) is 0 Å². The van der Waals surface area contributed by atoms with Crippen LogP contribution in [-0.2, 0) is 25.8 Å². The average Bonchev–Trinajstić information content (AvgIpc) is 2.66. The third-order valence-electron chi connectivity index (χ3n) is 3.92. The largest absolute Gasteiger partial charge is 0.464 e. The second-order valence-corrected chi connectivity index (χ2v) is 5.88. The number of rotatable bonds is 7. The van der Waals surface area contributed by atoms with E-state index >= 15 is 0 Å². The summed E-state index contributed by atoms with van der Waals surface area (Å²) in [7, 11) is 2.67. The van der Waals surface area contributed by atoms with E-state index in [1.54, 1.807) is 12.3 Å². The van der Waals surface area contributed by atoms with Crippen molar-refractivity contribution in [3.8, 4) is 0 Å². The number of nitrogens with zero attached hydrogens (tertiary/aromatic N) is 3. The minimum atomic E-state index is -0.590. The standard InChI is InChI=1S/C20H23N3O4/c1-13-9-10-21-18(11-13)15(3)22-27-12-17-14(2)7-6-8-16(17)19(23-26-5)20(24)25-4/h6-11H,12H2,1-5H3/b22-15+,23-19+. The monoisotopic (exact) mass is 369 g/mol. The zero-order valence-corrected chi connectivity index (χ0v) is 16.1. The van der Waals surface area contributed by atoms with E-state index in [2.05, 4.69) is 15.3 Å². The van der Waals surface area contributed by atoms with Crippen molar-refractivity contribution in [3.63, 3.8) is 0 Å². The molecule has 0 aliphatic rings. The Hall–Kier alpha value is -3.22. The van der Waals surface area contributed by atoms with Crippen LogP contribution in [0.3, 0.4) is 0 Å². The van der Waals surface area contributed by atoms with Crippen LogP contribution in [0.4, 0.5) is 0 Å². The van der Waals surface area contributed by atoms with Crippen LogP contribution in [0.25, 0.3) is 0 Å². The van der Waals surface area contributed by atoms with Crippen molar-refractivity contribution >= 4 is 17.4 Å². The van der Waals surface area contributed by atoms with Crippen molar-refractivity contribution in [3.05, 3.63) is 64.5 Å². The van der Waals surface area contributed by atoms with E-state index in [9.17, 15) is 4.79 Å². The van der Waals surface area contributed by atoms with Gasteiger partial charge in [0.1, 0.15) is 19.4 Å². The fourth-order valence-corrected chi connectivity index (χ4v) is 2.47. The van der Waals surface area contributed by atoms with Gasteiger partial charge in [0.15, 0.2) is 5.71 Å². The second-order valence-electron chi connectivity index (χ2n) is 5.88. The fourth-order valence-electron chi connectivity index (χ4n) is 2.47. The Kier molecular flexibility index (Phi) is 7.05. The molecule has 27 heavy (non-hydrogen) atoms. The van der Waals surface area contributed by atoms with Crippen molar-refractivity contribution < 1.29 is 19.2 Å². The van der Waals surface area contributed by atoms with Crippen LogP contribution in [0.1, 0.15) is 34.9 Å². The fraction of sp³-hybridized carbons (Fsp3) is 0.300. The number of aryl methyl sites for hydroxylation is 2. The SMILES string of the molecule is CO/N=C(/C(=O)OC)c1cccc(C)c1CO/N=C(\C)c1cc(C)ccn1. The van der Waals surface area contributed by atoms with E-state index in [0.717, 1.165) is 22.4 Å². The number of hydrogen-bond acceptors (Lipinski definition) is 7. The van der Waals surface area contributed by atoms with Crippen molar-refractivity contribution in [2.45, 2.75) is 27.4 Å². The summed E-state index contributed by atoms with van der Waals surface area (Å²) in [5, 5.41) is 7.96. The highest BCUT2D eigenvalue weighted by Crippen LogP contribution is 2.18. The van der Waals surface area contributed by atoms with Crippen molar-refractivity contribution in [2.75, 3.05) is 14.2 Å². The lowest BCUT2D eigenvalue weighted by molar-refractivity contribution is -0.132. The summed E-state index contributed by atoms with van der Waals surface area (Å²) < 4.78 is 4.80. The van der Waals surface area contributed by atoms with Gasteiger partial charge in [-0.3, -0.25) is 4.98 Å². The molecule has 0 bridgehead atoms. The number of ether oxygens (including phenoxy) is 1. The van der Waals surface area contributed by atoms with Crippen molar-refractivity contribution in [1.29, 1.82) is 0 Å². The molecule has 1 heterocycles. The van der Waals surface area contributed by atoms with Crippen LogP contribution in [0.2, 0.25) is 0 Å². The Morgan fingerprint density at radius 1 is 1.15 bits per heavy atom. The molecule has 7 nitrogen and oxygen atoms in total. The molecular formula is C20H23N3O4. The molecule has 1 aromatic heterocycles. The lowest BCUT2D eigenvalue weighted by Gasteiger charge is -2.12. The first-order chi connectivity index (χ1) is 13.0. The van der Waals surface area contributed by atoms with Crippen molar-refractivity contribution in [2.24, 2.45) is 10.3 Å². The van der Waals surface area contributed by atoms with E-state index in [1.165, 1.54) is 14.2 Å². The van der Waals surface area contributed by atoms with Crippen LogP contribution >= 0.6 is 0 Å². The molecule has 0 unspecified atom stereocenters. The molecule has 7 heteroatoms. The van der Waals surface area contributed by atoms with Gasteiger partial charge < -0.3 is 14.4 Å². The molecule has 2 aromatic rings. The molecule has 0 spiro atoms. The first-order valence-corrected chi connectivity index (χ1v) is 8.35. The minimum Gasteiger partial charge on any atom is -0.464 e. The number of pyridine rings is 1. The Labute approximate surface area is 158 Å². The molecule has 0 fully saturated rings. The number of esters is 1. The maximum atomic E-state index is 12.1. The Bertz CT molecular complexity index is 875. The Morgan fingerprint density at radius 2 is 1.93 bits per heavy atom. The van der Waals surface area contributed by atoms with Gasteiger partial charge in [0.05, 0.1) is 12.8 Å². The molecule has 2 rings (SSSR count). The number of aromatic nitrogens is 1.